The fourth-order valence-corrected chi connectivity index (χ4v) is 3.39. The molecule has 0 saturated carbocycles. The summed E-state index contributed by atoms with van der Waals surface area (Å²) in [5, 5.41) is 2.24. The number of urea groups is 1. The van der Waals surface area contributed by atoms with Crippen LogP contribution in [0.25, 0.3) is 6.08 Å². The molecule has 0 atom stereocenters. The summed E-state index contributed by atoms with van der Waals surface area (Å²) in [5.41, 5.74) is 2.63. The molecule has 0 aliphatic carbocycles. The van der Waals surface area contributed by atoms with Crippen molar-refractivity contribution < 1.29 is 19.1 Å². The maximum atomic E-state index is 13.0. The molecule has 0 aromatic heterocycles. The third kappa shape index (κ3) is 3.84. The van der Waals surface area contributed by atoms with Gasteiger partial charge in [0.2, 0.25) is 0 Å². The second kappa shape index (κ2) is 7.98. The summed E-state index contributed by atoms with van der Waals surface area (Å²) in [7, 11) is 0. The van der Waals surface area contributed by atoms with Gasteiger partial charge in [-0.25, -0.2) is 9.69 Å². The van der Waals surface area contributed by atoms with E-state index in [9.17, 15) is 14.4 Å². The van der Waals surface area contributed by atoms with E-state index < -0.39 is 17.8 Å². The Morgan fingerprint density at radius 1 is 1.11 bits per heavy atom. The number of anilines is 1. The maximum absolute atomic E-state index is 13.0. The predicted molar refractivity (Wildman–Crippen MR) is 110 cm³/mol. The Hall–Kier alpha value is -2.93. The number of nitrogens with zero attached hydrogens (tertiary/aromatic N) is 1. The number of rotatable bonds is 4. The van der Waals surface area contributed by atoms with Gasteiger partial charge in [-0.05, 0) is 77.7 Å². The molecule has 0 radical (unpaired) electrons. The lowest BCUT2D eigenvalue weighted by Gasteiger charge is -2.27. The van der Waals surface area contributed by atoms with Gasteiger partial charge in [-0.15, -0.1) is 0 Å². The highest BCUT2D eigenvalue weighted by Gasteiger charge is 2.37. The first-order chi connectivity index (χ1) is 13.3. The van der Waals surface area contributed by atoms with E-state index in [1.54, 1.807) is 31.2 Å². The molecule has 0 spiro atoms. The largest absolute Gasteiger partial charge is 0.493 e. The molecule has 1 aliphatic heterocycles. The average molecular weight is 443 g/mol. The van der Waals surface area contributed by atoms with E-state index in [4.69, 9.17) is 4.74 Å². The van der Waals surface area contributed by atoms with Gasteiger partial charge in [0, 0.05) is 0 Å². The molecular formula is C21H19BrN2O4. The Morgan fingerprint density at radius 3 is 2.54 bits per heavy atom. The number of halogens is 1. The number of ether oxygens (including phenoxy) is 1. The van der Waals surface area contributed by atoms with Gasteiger partial charge in [0.15, 0.2) is 0 Å². The Labute approximate surface area is 171 Å². The van der Waals surface area contributed by atoms with Crippen molar-refractivity contribution in [2.75, 3.05) is 11.5 Å². The number of barbiturate groups is 1. The quantitative estimate of drug-likeness (QED) is 0.570. The number of imide groups is 2. The zero-order chi connectivity index (χ0) is 20.4. The summed E-state index contributed by atoms with van der Waals surface area (Å²) in [6.45, 7) is 6.08. The molecular weight excluding hydrogens is 424 g/mol. The minimum absolute atomic E-state index is 0.114. The highest BCUT2D eigenvalue weighted by Crippen LogP contribution is 2.29. The van der Waals surface area contributed by atoms with Gasteiger partial charge in [-0.3, -0.25) is 14.9 Å². The lowest BCUT2D eigenvalue weighted by molar-refractivity contribution is -0.122. The van der Waals surface area contributed by atoms with Crippen molar-refractivity contribution in [2.45, 2.75) is 20.8 Å². The van der Waals surface area contributed by atoms with Crippen molar-refractivity contribution in [1.29, 1.82) is 0 Å². The SMILES string of the molecule is CCOc1ccc(/C=C2\C(=O)NC(=O)N(c3cc(C)ccc3C)C2=O)cc1Br. The fourth-order valence-electron chi connectivity index (χ4n) is 2.88. The second-order valence-corrected chi connectivity index (χ2v) is 7.23. The number of carbonyl (C=O) groups is 3. The summed E-state index contributed by atoms with van der Waals surface area (Å²) in [6, 6.07) is 9.94. The summed E-state index contributed by atoms with van der Waals surface area (Å²) in [6.07, 6.45) is 1.46. The minimum Gasteiger partial charge on any atom is -0.493 e. The molecule has 1 N–H and O–H groups in total. The first-order valence-electron chi connectivity index (χ1n) is 8.73. The number of carbonyl (C=O) groups excluding carboxylic acids is 3. The van der Waals surface area contributed by atoms with Gasteiger partial charge in [-0.1, -0.05) is 18.2 Å². The number of aryl methyl sites for hydroxylation is 2. The van der Waals surface area contributed by atoms with Crippen LogP contribution in [0.15, 0.2) is 46.4 Å². The van der Waals surface area contributed by atoms with Gasteiger partial charge >= 0.3 is 6.03 Å². The molecule has 144 valence electrons. The van der Waals surface area contributed by atoms with E-state index in [0.29, 0.717) is 28.1 Å². The highest BCUT2D eigenvalue weighted by atomic mass is 79.9. The third-order valence-corrected chi connectivity index (χ3v) is 4.89. The molecule has 1 heterocycles. The van der Waals surface area contributed by atoms with Crippen LogP contribution in [0.3, 0.4) is 0 Å². The van der Waals surface area contributed by atoms with Crippen LogP contribution in [0, 0.1) is 13.8 Å². The van der Waals surface area contributed by atoms with Crippen molar-refractivity contribution in [2.24, 2.45) is 0 Å². The Bertz CT molecular complexity index is 1010. The standard InChI is InChI=1S/C21H19BrN2O4/c1-4-28-18-8-7-14(11-16(18)22)10-15-19(25)23-21(27)24(20(15)26)17-9-12(2)5-6-13(17)3/h5-11H,4H2,1-3H3,(H,23,25,27)/b15-10+. The molecule has 3 rings (SSSR count). The Morgan fingerprint density at radius 2 is 1.86 bits per heavy atom. The summed E-state index contributed by atoms with van der Waals surface area (Å²) in [5.74, 6) is -0.717. The molecule has 0 bridgehead atoms. The molecule has 28 heavy (non-hydrogen) atoms. The van der Waals surface area contributed by atoms with Crippen LogP contribution in [0.2, 0.25) is 0 Å². The molecule has 1 fully saturated rings. The van der Waals surface area contributed by atoms with E-state index in [-0.39, 0.29) is 5.57 Å². The number of hydrogen-bond donors (Lipinski definition) is 1. The first kappa shape index (κ1) is 19.8. The van der Waals surface area contributed by atoms with Gasteiger partial charge in [-0.2, -0.15) is 0 Å². The molecule has 6 nitrogen and oxygen atoms in total. The topological polar surface area (TPSA) is 75.7 Å². The first-order valence-corrected chi connectivity index (χ1v) is 9.52. The van der Waals surface area contributed by atoms with E-state index in [1.165, 1.54) is 6.08 Å². The minimum atomic E-state index is -0.756. The predicted octanol–water partition coefficient (Wildman–Crippen LogP) is 4.13. The van der Waals surface area contributed by atoms with E-state index >= 15 is 0 Å². The van der Waals surface area contributed by atoms with Crippen LogP contribution in [-0.2, 0) is 9.59 Å². The van der Waals surface area contributed by atoms with E-state index in [2.05, 4.69) is 21.2 Å². The number of benzene rings is 2. The normalized spacial score (nSPS) is 15.8. The summed E-state index contributed by atoms with van der Waals surface area (Å²) < 4.78 is 6.17. The maximum Gasteiger partial charge on any atom is 0.335 e. The number of hydrogen-bond acceptors (Lipinski definition) is 4. The zero-order valence-electron chi connectivity index (χ0n) is 15.7. The van der Waals surface area contributed by atoms with Crippen LogP contribution in [0.5, 0.6) is 5.75 Å². The average Bonchev–Trinajstić information content (AvgIpc) is 2.63. The van der Waals surface area contributed by atoms with Crippen LogP contribution in [0.4, 0.5) is 10.5 Å². The molecule has 0 unspecified atom stereocenters. The van der Waals surface area contributed by atoms with Crippen LogP contribution in [-0.4, -0.2) is 24.5 Å². The van der Waals surface area contributed by atoms with E-state index in [1.807, 2.05) is 26.0 Å². The number of amides is 4. The van der Waals surface area contributed by atoms with Crippen molar-refractivity contribution in [3.8, 4) is 5.75 Å². The molecule has 2 aromatic carbocycles. The zero-order valence-corrected chi connectivity index (χ0v) is 17.3. The van der Waals surface area contributed by atoms with Crippen molar-refractivity contribution in [3.63, 3.8) is 0 Å². The lowest BCUT2D eigenvalue weighted by Crippen LogP contribution is -2.54. The second-order valence-electron chi connectivity index (χ2n) is 6.37. The lowest BCUT2D eigenvalue weighted by atomic mass is 10.0. The monoisotopic (exact) mass is 442 g/mol. The smallest absolute Gasteiger partial charge is 0.335 e. The number of nitrogens with one attached hydrogen (secondary N) is 1. The molecule has 2 aromatic rings. The highest BCUT2D eigenvalue weighted by molar-refractivity contribution is 9.10. The Balaban J connectivity index is 2.01. The summed E-state index contributed by atoms with van der Waals surface area (Å²) in [4.78, 5) is 38.7. The molecule has 7 heteroatoms. The van der Waals surface area contributed by atoms with Gasteiger partial charge in [0.05, 0.1) is 16.8 Å². The molecule has 1 aliphatic rings. The van der Waals surface area contributed by atoms with Crippen molar-refractivity contribution >= 4 is 45.5 Å². The Kier molecular flexibility index (Phi) is 5.65. The van der Waals surface area contributed by atoms with Crippen LogP contribution >= 0.6 is 15.9 Å². The summed E-state index contributed by atoms with van der Waals surface area (Å²) >= 11 is 3.41. The molecule has 1 saturated heterocycles. The third-order valence-electron chi connectivity index (χ3n) is 4.27. The van der Waals surface area contributed by atoms with Gasteiger partial charge in [0.25, 0.3) is 11.8 Å². The van der Waals surface area contributed by atoms with Crippen molar-refractivity contribution in [1.82, 2.24) is 5.32 Å². The van der Waals surface area contributed by atoms with Gasteiger partial charge < -0.3 is 4.74 Å². The van der Waals surface area contributed by atoms with Crippen LogP contribution < -0.4 is 15.0 Å². The molecule has 4 amide bonds. The van der Waals surface area contributed by atoms with E-state index in [0.717, 1.165) is 16.0 Å². The van der Waals surface area contributed by atoms with Gasteiger partial charge in [0.1, 0.15) is 11.3 Å². The van der Waals surface area contributed by atoms with Crippen LogP contribution in [0.1, 0.15) is 23.6 Å². The van der Waals surface area contributed by atoms with Crippen molar-refractivity contribution in [3.05, 3.63) is 63.1 Å². The fraction of sp³-hybridized carbons (Fsp3) is 0.190.